The minimum atomic E-state index is -0.978. The third kappa shape index (κ3) is 5.33. The summed E-state index contributed by atoms with van der Waals surface area (Å²) in [6, 6.07) is 7.80. The molecule has 2 aromatic rings. The molecule has 38 heavy (non-hydrogen) atoms. The molecule has 1 saturated heterocycles. The van der Waals surface area contributed by atoms with E-state index in [1.165, 1.54) is 0 Å². The highest BCUT2D eigenvalue weighted by molar-refractivity contribution is 6.23. The maximum Gasteiger partial charge on any atom is 0.262 e. The van der Waals surface area contributed by atoms with Gasteiger partial charge in [0, 0.05) is 31.4 Å². The van der Waals surface area contributed by atoms with Gasteiger partial charge in [-0.15, -0.1) is 0 Å². The van der Waals surface area contributed by atoms with E-state index >= 15 is 0 Å². The van der Waals surface area contributed by atoms with E-state index in [-0.39, 0.29) is 30.1 Å². The Morgan fingerprint density at radius 2 is 1.87 bits per heavy atom. The molecular formula is C27H31N5O6. The van der Waals surface area contributed by atoms with Crippen LogP contribution in [0.15, 0.2) is 36.5 Å². The number of imide groups is 2. The van der Waals surface area contributed by atoms with Gasteiger partial charge in [0.1, 0.15) is 17.9 Å². The van der Waals surface area contributed by atoms with Crippen molar-refractivity contribution in [1.82, 2.24) is 20.1 Å². The van der Waals surface area contributed by atoms with Gasteiger partial charge in [-0.2, -0.15) is 0 Å². The van der Waals surface area contributed by atoms with E-state index in [2.05, 4.69) is 22.2 Å². The fraction of sp³-hybridized carbons (Fsp3) is 0.444. The molecule has 1 aromatic heterocycles. The minimum absolute atomic E-state index is 0.0267. The summed E-state index contributed by atoms with van der Waals surface area (Å²) in [7, 11) is 2.10. The number of nitrogens with one attached hydrogen (secondary N) is 1. The van der Waals surface area contributed by atoms with Gasteiger partial charge in [-0.05, 0) is 57.1 Å². The number of carbonyl (C=O) groups excluding carboxylic acids is 4. The zero-order valence-electron chi connectivity index (χ0n) is 21.2. The van der Waals surface area contributed by atoms with E-state index in [1.807, 2.05) is 0 Å². The SMILES string of the molecule is CN(CCCCOc1ccc(N)cn1)C1CC(Oc2ccc3c(c2)C(=O)N(C2CCC(=O)NC2=O)C3=O)C1. The second-order valence-corrected chi connectivity index (χ2v) is 9.99. The summed E-state index contributed by atoms with van der Waals surface area (Å²) in [4.78, 5) is 56.9. The molecule has 3 heterocycles. The Labute approximate surface area is 220 Å². The quantitative estimate of drug-likeness (QED) is 0.353. The Hall–Kier alpha value is -3.99. The lowest BCUT2D eigenvalue weighted by Crippen LogP contribution is -2.54. The van der Waals surface area contributed by atoms with Gasteiger partial charge < -0.3 is 20.1 Å². The highest BCUT2D eigenvalue weighted by Gasteiger charge is 2.45. The van der Waals surface area contributed by atoms with Gasteiger partial charge in [-0.3, -0.25) is 29.4 Å². The van der Waals surface area contributed by atoms with E-state index in [4.69, 9.17) is 15.2 Å². The number of rotatable bonds is 10. The summed E-state index contributed by atoms with van der Waals surface area (Å²) < 4.78 is 11.7. The van der Waals surface area contributed by atoms with Crippen molar-refractivity contribution in [2.45, 2.75) is 56.7 Å². The number of ether oxygens (including phenoxy) is 2. The largest absolute Gasteiger partial charge is 0.490 e. The van der Waals surface area contributed by atoms with E-state index in [0.29, 0.717) is 30.0 Å². The average Bonchev–Trinajstić information content (AvgIpc) is 3.11. The smallest absolute Gasteiger partial charge is 0.262 e. The standard InChI is InChI=1S/C27H31N5O6/c1-31(10-2-3-11-37-24-9-4-16(28)15-29-24)17-12-19(13-17)38-18-5-6-20-21(14-18)27(36)32(26(20)35)22-7-8-23(33)30-25(22)34/h4-6,9,14-15,17,19,22H,2-3,7-8,10-13,28H2,1H3,(H,30,33,34). The zero-order valence-corrected chi connectivity index (χ0v) is 21.2. The molecule has 1 saturated carbocycles. The van der Waals surface area contributed by atoms with E-state index < -0.39 is 29.7 Å². The molecule has 3 N–H and O–H groups in total. The molecular weight excluding hydrogens is 490 g/mol. The lowest BCUT2D eigenvalue weighted by Gasteiger charge is -2.41. The molecule has 2 fully saturated rings. The van der Waals surface area contributed by atoms with Crippen molar-refractivity contribution in [3.8, 4) is 11.6 Å². The van der Waals surface area contributed by atoms with E-state index in [9.17, 15) is 19.2 Å². The van der Waals surface area contributed by atoms with Crippen LogP contribution in [-0.2, 0) is 9.59 Å². The van der Waals surface area contributed by atoms with Crippen molar-refractivity contribution in [3.63, 3.8) is 0 Å². The summed E-state index contributed by atoms with van der Waals surface area (Å²) in [5.41, 5.74) is 6.70. The van der Waals surface area contributed by atoms with Crippen molar-refractivity contribution >= 4 is 29.3 Å². The summed E-state index contributed by atoms with van der Waals surface area (Å²) in [5.74, 6) is -0.978. The number of amides is 4. The molecule has 11 heteroatoms. The van der Waals surface area contributed by atoms with E-state index in [1.54, 1.807) is 36.5 Å². The second-order valence-electron chi connectivity index (χ2n) is 9.99. The zero-order chi connectivity index (χ0) is 26.8. The molecule has 0 spiro atoms. The van der Waals surface area contributed by atoms with Crippen LogP contribution in [0, 0.1) is 0 Å². The molecule has 2 aliphatic heterocycles. The average molecular weight is 522 g/mol. The van der Waals surface area contributed by atoms with Gasteiger partial charge in [-0.25, -0.2) is 4.98 Å². The molecule has 0 bridgehead atoms. The molecule has 200 valence electrons. The first-order chi connectivity index (χ1) is 18.3. The third-order valence-electron chi connectivity index (χ3n) is 7.32. The lowest BCUT2D eigenvalue weighted by molar-refractivity contribution is -0.136. The molecule has 11 nitrogen and oxygen atoms in total. The number of carbonyl (C=O) groups is 4. The highest BCUT2D eigenvalue weighted by atomic mass is 16.5. The van der Waals surface area contributed by atoms with Gasteiger partial charge in [-0.1, -0.05) is 0 Å². The predicted molar refractivity (Wildman–Crippen MR) is 137 cm³/mol. The number of fused-ring (bicyclic) bond motifs is 1. The first kappa shape index (κ1) is 25.7. The molecule has 1 aromatic carbocycles. The van der Waals surface area contributed by atoms with Crippen LogP contribution < -0.4 is 20.5 Å². The Balaban J connectivity index is 1.06. The number of nitrogens with two attached hydrogens (primary N) is 1. The van der Waals surface area contributed by atoms with Crippen LogP contribution in [0.2, 0.25) is 0 Å². The predicted octanol–water partition coefficient (Wildman–Crippen LogP) is 1.77. The van der Waals surface area contributed by atoms with Crippen LogP contribution in [0.25, 0.3) is 0 Å². The summed E-state index contributed by atoms with van der Waals surface area (Å²) in [5, 5.41) is 2.20. The Kier molecular flexibility index (Phi) is 7.28. The highest BCUT2D eigenvalue weighted by Crippen LogP contribution is 2.33. The number of hydrogen-bond donors (Lipinski definition) is 2. The Morgan fingerprint density at radius 1 is 1.08 bits per heavy atom. The number of nitrogens with zero attached hydrogens (tertiary/aromatic N) is 3. The van der Waals surface area contributed by atoms with Crippen LogP contribution in [0.1, 0.15) is 59.2 Å². The monoisotopic (exact) mass is 521 g/mol. The molecule has 4 amide bonds. The van der Waals surface area contributed by atoms with E-state index in [0.717, 1.165) is 37.1 Å². The number of hydrogen-bond acceptors (Lipinski definition) is 9. The maximum absolute atomic E-state index is 13.0. The maximum atomic E-state index is 13.0. The molecule has 1 aliphatic carbocycles. The summed E-state index contributed by atoms with van der Waals surface area (Å²) >= 11 is 0. The number of piperidine rings is 1. The van der Waals surface area contributed by atoms with Gasteiger partial charge in [0.05, 0.1) is 29.6 Å². The van der Waals surface area contributed by atoms with Gasteiger partial charge in [0.25, 0.3) is 11.8 Å². The van der Waals surface area contributed by atoms with Crippen molar-refractivity contribution in [3.05, 3.63) is 47.7 Å². The topological polar surface area (TPSA) is 144 Å². The summed E-state index contributed by atoms with van der Waals surface area (Å²) in [6.45, 7) is 1.54. The first-order valence-electron chi connectivity index (χ1n) is 12.9. The Morgan fingerprint density at radius 3 is 2.61 bits per heavy atom. The van der Waals surface area contributed by atoms with Crippen molar-refractivity contribution in [2.75, 3.05) is 25.9 Å². The Bertz CT molecular complexity index is 1240. The van der Waals surface area contributed by atoms with Crippen LogP contribution in [0.4, 0.5) is 5.69 Å². The van der Waals surface area contributed by atoms with Gasteiger partial charge >= 0.3 is 0 Å². The van der Waals surface area contributed by atoms with Crippen molar-refractivity contribution < 1.29 is 28.7 Å². The van der Waals surface area contributed by atoms with Crippen molar-refractivity contribution in [1.29, 1.82) is 0 Å². The number of anilines is 1. The fourth-order valence-corrected chi connectivity index (χ4v) is 5.01. The van der Waals surface area contributed by atoms with Crippen molar-refractivity contribution in [2.24, 2.45) is 0 Å². The summed E-state index contributed by atoms with van der Waals surface area (Å²) in [6.07, 6.45) is 5.48. The first-order valence-corrected chi connectivity index (χ1v) is 12.9. The van der Waals surface area contributed by atoms with Crippen LogP contribution in [0.3, 0.4) is 0 Å². The van der Waals surface area contributed by atoms with Crippen LogP contribution >= 0.6 is 0 Å². The lowest BCUT2D eigenvalue weighted by atomic mass is 9.88. The van der Waals surface area contributed by atoms with Crippen LogP contribution in [-0.4, -0.2) is 76.8 Å². The number of pyridine rings is 1. The number of nitrogen functional groups attached to an aromatic ring is 1. The third-order valence-corrected chi connectivity index (χ3v) is 7.32. The fourth-order valence-electron chi connectivity index (χ4n) is 5.01. The molecule has 5 rings (SSSR count). The van der Waals surface area contributed by atoms with Gasteiger partial charge in [0.2, 0.25) is 17.7 Å². The number of unbranched alkanes of at least 4 members (excludes halogenated alkanes) is 1. The molecule has 1 atom stereocenters. The van der Waals surface area contributed by atoms with Crippen LogP contribution in [0.5, 0.6) is 11.6 Å². The normalized spacial score (nSPS) is 22.8. The number of benzene rings is 1. The van der Waals surface area contributed by atoms with Gasteiger partial charge in [0.15, 0.2) is 0 Å². The molecule has 1 unspecified atom stereocenters. The minimum Gasteiger partial charge on any atom is -0.490 e. The number of aromatic nitrogens is 1. The second kappa shape index (κ2) is 10.8. The molecule has 3 aliphatic rings. The molecule has 0 radical (unpaired) electrons.